The second kappa shape index (κ2) is 16.4. The number of hydrogen-bond acceptors (Lipinski definition) is 6. The van der Waals surface area contributed by atoms with Gasteiger partial charge in [0, 0.05) is 25.1 Å². The van der Waals surface area contributed by atoms with Gasteiger partial charge in [-0.25, -0.2) is 0 Å². The molecule has 8 heteroatoms. The van der Waals surface area contributed by atoms with Crippen LogP contribution in [0.3, 0.4) is 0 Å². The highest BCUT2D eigenvalue weighted by Crippen LogP contribution is 2.50. The predicted octanol–water partition coefficient (Wildman–Crippen LogP) is 6.14. The zero-order chi connectivity index (χ0) is 32.1. The van der Waals surface area contributed by atoms with Crippen LogP contribution in [0.2, 0.25) is 0 Å². The van der Waals surface area contributed by atoms with Gasteiger partial charge in [-0.05, 0) is 52.1 Å². The van der Waals surface area contributed by atoms with Gasteiger partial charge in [0.1, 0.15) is 11.5 Å². The minimum Gasteiger partial charge on any atom is -0.497 e. The number of benzene rings is 4. The van der Waals surface area contributed by atoms with Gasteiger partial charge in [0.25, 0.3) is 0 Å². The minimum atomic E-state index is -0.879. The Balaban J connectivity index is 1.71. The molecule has 0 aliphatic rings. The molecule has 0 aliphatic heterocycles. The second-order valence-electron chi connectivity index (χ2n) is 10.2. The smallest absolute Gasteiger partial charge is 0.304 e. The zero-order valence-electron chi connectivity index (χ0n) is 25.4. The first-order valence-electron chi connectivity index (χ1n) is 14.6. The SMILES string of the molecule is COc1ccc(C(SCCC(=O)O)(c2ccc(CO)cc2)c2ccc(OC)c(C#CCCC(=O)NCc3ccccc3)c2)cc1. The summed E-state index contributed by atoms with van der Waals surface area (Å²) < 4.78 is 10.2. The lowest BCUT2D eigenvalue weighted by molar-refractivity contribution is -0.136. The highest BCUT2D eigenvalue weighted by molar-refractivity contribution is 8.00. The van der Waals surface area contributed by atoms with Gasteiger partial charge in [-0.3, -0.25) is 9.59 Å². The molecule has 232 valence electrons. The molecule has 0 fully saturated rings. The number of ether oxygens (including phenoxy) is 2. The standard InChI is InChI=1S/C37H37NO6S/c1-43-33-19-16-31(17-20-33)37(45-23-22-36(41)42,30-14-12-28(26-39)13-15-30)32-18-21-34(44-2)29(24-32)10-6-7-11-35(40)38-25-27-8-4-3-5-9-27/h3-5,8-9,12-21,24,39H,7,11,22-23,25-26H2,1-2H3,(H,38,40)(H,41,42). The number of aliphatic carboxylic acids is 1. The van der Waals surface area contributed by atoms with Gasteiger partial charge < -0.3 is 25.0 Å². The summed E-state index contributed by atoms with van der Waals surface area (Å²) in [4.78, 5) is 24.0. The molecule has 1 amide bonds. The fourth-order valence-electron chi connectivity index (χ4n) is 4.96. The first kappa shape index (κ1) is 33.2. The van der Waals surface area contributed by atoms with E-state index >= 15 is 0 Å². The largest absolute Gasteiger partial charge is 0.497 e. The van der Waals surface area contributed by atoms with Gasteiger partial charge in [0.2, 0.25) is 5.91 Å². The van der Waals surface area contributed by atoms with Gasteiger partial charge in [-0.1, -0.05) is 84.6 Å². The lowest BCUT2D eigenvalue weighted by Crippen LogP contribution is -2.27. The van der Waals surface area contributed by atoms with Crippen LogP contribution in [0.5, 0.6) is 11.5 Å². The van der Waals surface area contributed by atoms with Crippen molar-refractivity contribution in [2.45, 2.75) is 37.2 Å². The maximum atomic E-state index is 12.4. The first-order valence-corrected chi connectivity index (χ1v) is 15.6. The number of hydrogen-bond donors (Lipinski definition) is 3. The maximum absolute atomic E-state index is 12.4. The monoisotopic (exact) mass is 623 g/mol. The van der Waals surface area contributed by atoms with Gasteiger partial charge in [0.05, 0.1) is 37.6 Å². The number of methoxy groups -OCH3 is 2. The van der Waals surface area contributed by atoms with Crippen LogP contribution in [0.15, 0.2) is 97.1 Å². The van der Waals surface area contributed by atoms with E-state index in [2.05, 4.69) is 17.2 Å². The zero-order valence-corrected chi connectivity index (χ0v) is 26.2. The van der Waals surface area contributed by atoms with Crippen molar-refractivity contribution >= 4 is 23.6 Å². The van der Waals surface area contributed by atoms with Crippen LogP contribution >= 0.6 is 11.8 Å². The quantitative estimate of drug-likeness (QED) is 0.114. The van der Waals surface area contributed by atoms with Crippen molar-refractivity contribution in [2.24, 2.45) is 0 Å². The summed E-state index contributed by atoms with van der Waals surface area (Å²) in [7, 11) is 3.20. The molecule has 0 aromatic heterocycles. The number of aliphatic hydroxyl groups is 1. The van der Waals surface area contributed by atoms with Crippen LogP contribution in [0.1, 0.15) is 52.6 Å². The molecule has 0 heterocycles. The molecule has 1 unspecified atom stereocenters. The van der Waals surface area contributed by atoms with Crippen molar-refractivity contribution < 1.29 is 29.3 Å². The summed E-state index contributed by atoms with van der Waals surface area (Å²) in [6.07, 6.45) is 0.611. The fraction of sp³-hybridized carbons (Fsp3) is 0.243. The average Bonchev–Trinajstić information content (AvgIpc) is 3.08. The minimum absolute atomic E-state index is 0.0214. The lowest BCUT2D eigenvalue weighted by atomic mass is 9.83. The molecule has 0 aliphatic carbocycles. The number of rotatable bonds is 14. The van der Waals surface area contributed by atoms with E-state index in [0.717, 1.165) is 27.8 Å². The molecule has 3 N–H and O–H groups in total. The lowest BCUT2D eigenvalue weighted by Gasteiger charge is -2.36. The Morgan fingerprint density at radius 3 is 2.11 bits per heavy atom. The van der Waals surface area contributed by atoms with Crippen LogP contribution in [0.4, 0.5) is 0 Å². The van der Waals surface area contributed by atoms with E-state index in [1.807, 2.05) is 97.1 Å². The Hall–Kier alpha value is -4.71. The third-order valence-electron chi connectivity index (χ3n) is 7.31. The third kappa shape index (κ3) is 8.69. The Kier molecular flexibility index (Phi) is 12.1. The number of thioether (sulfide) groups is 1. The van der Waals surface area contributed by atoms with E-state index < -0.39 is 10.7 Å². The van der Waals surface area contributed by atoms with Crippen molar-refractivity contribution in [3.05, 3.63) is 130 Å². The number of carbonyl (C=O) groups is 2. The number of aliphatic hydroxyl groups excluding tert-OH is 1. The molecule has 0 radical (unpaired) electrons. The Morgan fingerprint density at radius 1 is 0.822 bits per heavy atom. The topological polar surface area (TPSA) is 105 Å². The van der Waals surface area contributed by atoms with Gasteiger partial charge in [0.15, 0.2) is 0 Å². The molecule has 4 aromatic rings. The third-order valence-corrected chi connectivity index (χ3v) is 8.86. The molecule has 0 saturated carbocycles. The second-order valence-corrected chi connectivity index (χ2v) is 11.5. The van der Waals surface area contributed by atoms with Crippen molar-refractivity contribution in [2.75, 3.05) is 20.0 Å². The molecular formula is C37H37NO6S. The van der Waals surface area contributed by atoms with E-state index in [1.165, 1.54) is 11.8 Å². The van der Waals surface area contributed by atoms with Crippen molar-refractivity contribution in [3.8, 4) is 23.3 Å². The normalized spacial score (nSPS) is 11.9. The molecule has 0 spiro atoms. The molecule has 4 aromatic carbocycles. The number of carbonyl (C=O) groups excluding carboxylic acids is 1. The Morgan fingerprint density at radius 2 is 1.49 bits per heavy atom. The number of amides is 1. The summed E-state index contributed by atoms with van der Waals surface area (Å²) in [5, 5.41) is 22.1. The molecule has 7 nitrogen and oxygen atoms in total. The highest BCUT2D eigenvalue weighted by atomic mass is 32.2. The summed E-state index contributed by atoms with van der Waals surface area (Å²) in [6.45, 7) is 0.379. The van der Waals surface area contributed by atoms with E-state index in [1.54, 1.807) is 14.2 Å². The number of carboxylic acids is 1. The first-order chi connectivity index (χ1) is 21.9. The predicted molar refractivity (Wildman–Crippen MR) is 177 cm³/mol. The Bertz CT molecular complexity index is 1580. The van der Waals surface area contributed by atoms with Crippen LogP contribution in [-0.4, -0.2) is 42.1 Å². The number of carboxylic acid groups (broad SMARTS) is 1. The summed E-state index contributed by atoms with van der Waals surface area (Å²) in [5.41, 5.74) is 5.18. The van der Waals surface area contributed by atoms with Crippen molar-refractivity contribution in [1.29, 1.82) is 0 Å². The molecule has 1 atom stereocenters. The van der Waals surface area contributed by atoms with Gasteiger partial charge in [-0.15, -0.1) is 11.8 Å². The van der Waals surface area contributed by atoms with Gasteiger partial charge >= 0.3 is 5.97 Å². The van der Waals surface area contributed by atoms with E-state index in [4.69, 9.17) is 9.47 Å². The van der Waals surface area contributed by atoms with Crippen LogP contribution in [-0.2, 0) is 27.5 Å². The van der Waals surface area contributed by atoms with Crippen LogP contribution in [0.25, 0.3) is 0 Å². The molecule has 45 heavy (non-hydrogen) atoms. The van der Waals surface area contributed by atoms with E-state index in [-0.39, 0.29) is 25.4 Å². The fourth-order valence-corrected chi connectivity index (χ4v) is 6.44. The maximum Gasteiger partial charge on any atom is 0.304 e. The summed E-state index contributed by atoms with van der Waals surface area (Å²) in [5.74, 6) is 7.02. The average molecular weight is 624 g/mol. The highest BCUT2D eigenvalue weighted by Gasteiger charge is 2.38. The van der Waals surface area contributed by atoms with E-state index in [0.29, 0.717) is 35.8 Å². The molecule has 0 bridgehead atoms. The van der Waals surface area contributed by atoms with Crippen molar-refractivity contribution in [1.82, 2.24) is 5.32 Å². The summed E-state index contributed by atoms with van der Waals surface area (Å²) in [6, 6.07) is 31.0. The molecule has 0 saturated heterocycles. The van der Waals surface area contributed by atoms with Crippen LogP contribution in [0, 0.1) is 11.8 Å². The van der Waals surface area contributed by atoms with Gasteiger partial charge in [-0.2, -0.15) is 0 Å². The van der Waals surface area contributed by atoms with Crippen LogP contribution < -0.4 is 14.8 Å². The van der Waals surface area contributed by atoms with E-state index in [9.17, 15) is 19.8 Å². The number of nitrogens with one attached hydrogen (secondary N) is 1. The molecule has 4 rings (SSSR count). The summed E-state index contributed by atoms with van der Waals surface area (Å²) >= 11 is 1.52. The molecular weight excluding hydrogens is 586 g/mol. The van der Waals surface area contributed by atoms with Crippen molar-refractivity contribution in [3.63, 3.8) is 0 Å². The Labute approximate surface area is 268 Å².